The number of likely N-dealkylation sites (tertiary alicyclic amines) is 1. The number of aliphatic hydroxyl groups is 1. The molecule has 6 rings (SSSR count). The second kappa shape index (κ2) is 8.79. The van der Waals surface area contributed by atoms with E-state index in [4.69, 9.17) is 18.3 Å². The van der Waals surface area contributed by atoms with E-state index in [-0.39, 0.29) is 18.5 Å². The van der Waals surface area contributed by atoms with Crippen molar-refractivity contribution in [2.75, 3.05) is 19.9 Å². The van der Waals surface area contributed by atoms with Gasteiger partial charge in [0.2, 0.25) is 6.79 Å². The average molecular weight is 475 g/mol. The Bertz CT molecular complexity index is 1350. The molecule has 2 aliphatic heterocycles. The van der Waals surface area contributed by atoms with Crippen molar-refractivity contribution in [3.63, 3.8) is 0 Å². The van der Waals surface area contributed by atoms with Gasteiger partial charge in [0.05, 0.1) is 18.4 Å². The fourth-order valence-corrected chi connectivity index (χ4v) is 4.76. The highest BCUT2D eigenvalue weighted by atomic mass is 16.7. The molecule has 8 nitrogen and oxygen atoms in total. The first kappa shape index (κ1) is 21.8. The Hall–Kier alpha value is -3.75. The van der Waals surface area contributed by atoms with Crippen molar-refractivity contribution >= 4 is 16.9 Å². The number of benzene rings is 2. The van der Waals surface area contributed by atoms with Crippen molar-refractivity contribution in [1.82, 2.24) is 10.2 Å². The van der Waals surface area contributed by atoms with Gasteiger partial charge in [0.15, 0.2) is 17.3 Å². The Balaban J connectivity index is 1.11. The quantitative estimate of drug-likeness (QED) is 0.433. The van der Waals surface area contributed by atoms with Gasteiger partial charge in [-0.05, 0) is 66.4 Å². The summed E-state index contributed by atoms with van der Waals surface area (Å²) in [5, 5.41) is 15.0. The zero-order chi connectivity index (χ0) is 23.8. The first-order valence-electron chi connectivity index (χ1n) is 11.7. The number of fused-ring (bicyclic) bond motifs is 2. The molecule has 0 aliphatic carbocycles. The monoisotopic (exact) mass is 474 g/mol. The molecule has 4 aromatic rings. The van der Waals surface area contributed by atoms with Gasteiger partial charge in [-0.2, -0.15) is 0 Å². The first-order chi connectivity index (χ1) is 17.1. The van der Waals surface area contributed by atoms with Crippen LogP contribution in [0.1, 0.15) is 40.3 Å². The van der Waals surface area contributed by atoms with Gasteiger partial charge in [-0.3, -0.25) is 9.69 Å². The molecular formula is C27H26N2O6. The second-order valence-electron chi connectivity index (χ2n) is 9.12. The molecule has 4 heterocycles. The van der Waals surface area contributed by atoms with E-state index in [9.17, 15) is 9.90 Å². The van der Waals surface area contributed by atoms with Gasteiger partial charge in [-0.25, -0.2) is 0 Å². The number of piperidine rings is 1. The molecule has 2 aromatic heterocycles. The van der Waals surface area contributed by atoms with Crippen LogP contribution in [0.3, 0.4) is 0 Å². The minimum atomic E-state index is -0.910. The van der Waals surface area contributed by atoms with Crippen LogP contribution in [0.5, 0.6) is 11.5 Å². The van der Waals surface area contributed by atoms with Crippen LogP contribution < -0.4 is 14.8 Å². The maximum absolute atomic E-state index is 12.7. The van der Waals surface area contributed by atoms with Crippen LogP contribution in [0.15, 0.2) is 69.7 Å². The molecule has 8 heteroatoms. The van der Waals surface area contributed by atoms with E-state index in [0.717, 1.165) is 41.9 Å². The van der Waals surface area contributed by atoms with Gasteiger partial charge in [-0.15, -0.1) is 0 Å². The number of carbonyl (C=O) groups excluding carboxylic acids is 1. The third kappa shape index (κ3) is 4.38. The number of nitrogens with zero attached hydrogens (tertiary/aromatic N) is 1. The molecule has 0 saturated carbocycles. The molecule has 35 heavy (non-hydrogen) atoms. The number of amides is 1. The van der Waals surface area contributed by atoms with Crippen molar-refractivity contribution < 1.29 is 28.2 Å². The van der Waals surface area contributed by atoms with Crippen LogP contribution >= 0.6 is 0 Å². The molecule has 0 spiro atoms. The average Bonchev–Trinajstić information content (AvgIpc) is 3.64. The molecule has 0 radical (unpaired) electrons. The number of nitrogens with one attached hydrogen (secondary N) is 1. The van der Waals surface area contributed by atoms with Gasteiger partial charge in [0.25, 0.3) is 5.91 Å². The predicted octanol–water partition coefficient (Wildman–Crippen LogP) is 4.17. The van der Waals surface area contributed by atoms with Crippen LogP contribution in [-0.2, 0) is 18.7 Å². The third-order valence-corrected chi connectivity index (χ3v) is 6.81. The largest absolute Gasteiger partial charge is 0.468 e. The Morgan fingerprint density at radius 3 is 2.71 bits per heavy atom. The lowest BCUT2D eigenvalue weighted by molar-refractivity contribution is -0.0288. The van der Waals surface area contributed by atoms with Crippen molar-refractivity contribution in [3.05, 3.63) is 83.5 Å². The van der Waals surface area contributed by atoms with Crippen molar-refractivity contribution in [1.29, 1.82) is 0 Å². The number of hydrogen-bond donors (Lipinski definition) is 2. The van der Waals surface area contributed by atoms with Crippen LogP contribution in [0, 0.1) is 0 Å². The first-order valence-corrected chi connectivity index (χ1v) is 11.7. The topological polar surface area (TPSA) is 97.3 Å². The molecule has 2 aromatic carbocycles. The second-order valence-corrected chi connectivity index (χ2v) is 9.12. The summed E-state index contributed by atoms with van der Waals surface area (Å²) in [4.78, 5) is 15.0. The number of furan rings is 2. The smallest absolute Gasteiger partial charge is 0.287 e. The maximum atomic E-state index is 12.7. The van der Waals surface area contributed by atoms with Crippen LogP contribution in [0.25, 0.3) is 11.0 Å². The summed E-state index contributed by atoms with van der Waals surface area (Å²) in [5.41, 5.74) is 1.45. The summed E-state index contributed by atoms with van der Waals surface area (Å²) in [6, 6.07) is 16.8. The van der Waals surface area contributed by atoms with Crippen LogP contribution in [0.4, 0.5) is 0 Å². The summed E-state index contributed by atoms with van der Waals surface area (Å²) in [6.45, 7) is 2.84. The predicted molar refractivity (Wildman–Crippen MR) is 127 cm³/mol. The Morgan fingerprint density at radius 2 is 1.89 bits per heavy atom. The van der Waals surface area contributed by atoms with Crippen LogP contribution in [-0.4, -0.2) is 35.8 Å². The van der Waals surface area contributed by atoms with E-state index >= 15 is 0 Å². The summed E-state index contributed by atoms with van der Waals surface area (Å²) in [6.07, 6.45) is 2.93. The van der Waals surface area contributed by atoms with E-state index < -0.39 is 5.60 Å². The van der Waals surface area contributed by atoms with E-state index in [1.807, 2.05) is 48.5 Å². The molecule has 1 fully saturated rings. The van der Waals surface area contributed by atoms with E-state index in [1.54, 1.807) is 12.3 Å². The molecule has 180 valence electrons. The minimum Gasteiger partial charge on any atom is -0.468 e. The highest BCUT2D eigenvalue weighted by Crippen LogP contribution is 2.36. The number of carbonyl (C=O) groups is 1. The molecule has 0 unspecified atom stereocenters. The molecule has 0 atom stereocenters. The molecule has 0 bridgehead atoms. The molecular weight excluding hydrogens is 448 g/mol. The van der Waals surface area contributed by atoms with Gasteiger partial charge in [0, 0.05) is 25.0 Å². The normalized spacial score (nSPS) is 17.1. The SMILES string of the molecule is O=C(NCc1ccc2c(c1)OCO2)c1cc2cc(C3(O)CCN(Cc4ccco4)CC3)ccc2o1. The van der Waals surface area contributed by atoms with Gasteiger partial charge >= 0.3 is 0 Å². The van der Waals surface area contributed by atoms with E-state index in [2.05, 4.69) is 10.2 Å². The summed E-state index contributed by atoms with van der Waals surface area (Å²) in [5.74, 6) is 2.25. The lowest BCUT2D eigenvalue weighted by Crippen LogP contribution is -2.42. The molecule has 2 N–H and O–H groups in total. The minimum absolute atomic E-state index is 0.213. The maximum Gasteiger partial charge on any atom is 0.287 e. The standard InChI is InChI=1S/C27H26N2O6/c30-26(28-15-18-3-5-23-24(12-18)34-17-33-23)25-14-19-13-20(4-6-22(19)35-25)27(31)7-9-29(10-8-27)16-21-2-1-11-32-21/h1-6,11-14,31H,7-10,15-17H2,(H,28,30). The highest BCUT2D eigenvalue weighted by molar-refractivity contribution is 5.96. The molecule has 1 saturated heterocycles. The third-order valence-electron chi connectivity index (χ3n) is 6.81. The molecule has 1 amide bonds. The van der Waals surface area contributed by atoms with Crippen molar-refractivity contribution in [2.45, 2.75) is 31.5 Å². The van der Waals surface area contributed by atoms with Gasteiger partial charge in [-0.1, -0.05) is 12.1 Å². The molecule has 2 aliphatic rings. The summed E-state index contributed by atoms with van der Waals surface area (Å²) in [7, 11) is 0. The summed E-state index contributed by atoms with van der Waals surface area (Å²) < 4.78 is 21.9. The fraction of sp³-hybridized carbons (Fsp3) is 0.296. The number of hydrogen-bond acceptors (Lipinski definition) is 7. The van der Waals surface area contributed by atoms with Gasteiger partial charge in [0.1, 0.15) is 11.3 Å². The lowest BCUT2D eigenvalue weighted by atomic mass is 9.84. The van der Waals surface area contributed by atoms with E-state index in [0.29, 0.717) is 36.5 Å². The zero-order valence-electron chi connectivity index (χ0n) is 19.2. The Kier molecular flexibility index (Phi) is 5.47. The van der Waals surface area contributed by atoms with Crippen molar-refractivity contribution in [3.8, 4) is 11.5 Å². The van der Waals surface area contributed by atoms with Crippen LogP contribution in [0.2, 0.25) is 0 Å². The number of rotatable bonds is 6. The highest BCUT2D eigenvalue weighted by Gasteiger charge is 2.34. The zero-order valence-corrected chi connectivity index (χ0v) is 19.2. The Morgan fingerprint density at radius 1 is 1.03 bits per heavy atom. The summed E-state index contributed by atoms with van der Waals surface area (Å²) >= 11 is 0. The Labute approximate surface area is 202 Å². The van der Waals surface area contributed by atoms with E-state index in [1.165, 1.54) is 0 Å². The lowest BCUT2D eigenvalue weighted by Gasteiger charge is -2.38. The van der Waals surface area contributed by atoms with Gasteiger partial charge < -0.3 is 28.7 Å². The van der Waals surface area contributed by atoms with Crippen molar-refractivity contribution in [2.24, 2.45) is 0 Å². The number of ether oxygens (including phenoxy) is 2. The fourth-order valence-electron chi connectivity index (χ4n) is 4.76.